The molecule has 0 aliphatic heterocycles. The molecular formula is C18H16N2O3S. The van der Waals surface area contributed by atoms with Gasteiger partial charge in [-0.1, -0.05) is 12.1 Å². The van der Waals surface area contributed by atoms with E-state index in [0.29, 0.717) is 11.3 Å². The average Bonchev–Trinajstić information content (AvgIpc) is 3.28. The molecule has 1 unspecified atom stereocenters. The molecule has 3 aromatic rings. The minimum Gasteiger partial charge on any atom is -0.472 e. The number of anilines is 1. The molecule has 24 heavy (non-hydrogen) atoms. The fourth-order valence-electron chi connectivity index (χ4n) is 2.19. The molecule has 122 valence electrons. The van der Waals surface area contributed by atoms with E-state index in [1.165, 1.54) is 12.5 Å². The molecule has 0 bridgehead atoms. The summed E-state index contributed by atoms with van der Waals surface area (Å²) in [5.74, 6) is -0.632. The van der Waals surface area contributed by atoms with Gasteiger partial charge in [0.15, 0.2) is 0 Å². The first kappa shape index (κ1) is 16.0. The molecule has 2 amide bonds. The van der Waals surface area contributed by atoms with Crippen molar-refractivity contribution in [2.24, 2.45) is 0 Å². The molecule has 6 heteroatoms. The van der Waals surface area contributed by atoms with Crippen molar-refractivity contribution in [1.82, 2.24) is 5.32 Å². The number of benzene rings is 1. The molecule has 0 saturated carbocycles. The maximum atomic E-state index is 12.3. The molecule has 0 saturated heterocycles. The minimum absolute atomic E-state index is 0.283. The van der Waals surface area contributed by atoms with Crippen LogP contribution in [0.1, 0.15) is 17.3 Å². The number of nitrogens with one attached hydrogen (secondary N) is 2. The van der Waals surface area contributed by atoms with Crippen molar-refractivity contribution < 1.29 is 14.0 Å². The topological polar surface area (TPSA) is 71.3 Å². The Hall–Kier alpha value is -2.86. The number of carbonyl (C=O) groups is 2. The number of hydrogen-bond donors (Lipinski definition) is 2. The Morgan fingerprint density at radius 1 is 1.17 bits per heavy atom. The molecular weight excluding hydrogens is 324 g/mol. The van der Waals surface area contributed by atoms with Crippen LogP contribution in [0.25, 0.3) is 11.1 Å². The van der Waals surface area contributed by atoms with E-state index in [2.05, 4.69) is 16.0 Å². The monoisotopic (exact) mass is 340 g/mol. The van der Waals surface area contributed by atoms with Gasteiger partial charge in [-0.2, -0.15) is 11.3 Å². The molecule has 2 aromatic heterocycles. The Kier molecular flexibility index (Phi) is 4.77. The summed E-state index contributed by atoms with van der Waals surface area (Å²) in [4.78, 5) is 24.2. The van der Waals surface area contributed by atoms with Gasteiger partial charge in [-0.05, 0) is 53.1 Å². The van der Waals surface area contributed by atoms with Crippen molar-refractivity contribution in [3.05, 3.63) is 65.2 Å². The highest BCUT2D eigenvalue weighted by Gasteiger charge is 2.17. The van der Waals surface area contributed by atoms with E-state index in [-0.39, 0.29) is 11.8 Å². The van der Waals surface area contributed by atoms with Crippen LogP contribution in [0.2, 0.25) is 0 Å². The summed E-state index contributed by atoms with van der Waals surface area (Å²) >= 11 is 1.62. The number of thiophene rings is 1. The Labute approximate surface area is 143 Å². The van der Waals surface area contributed by atoms with Crippen LogP contribution in [0, 0.1) is 0 Å². The normalized spacial score (nSPS) is 11.7. The molecule has 1 aromatic carbocycles. The second-order valence-electron chi connectivity index (χ2n) is 5.29. The number of carbonyl (C=O) groups excluding carboxylic acids is 2. The zero-order chi connectivity index (χ0) is 16.9. The molecule has 5 nitrogen and oxygen atoms in total. The fraction of sp³-hybridized carbons (Fsp3) is 0.111. The zero-order valence-electron chi connectivity index (χ0n) is 13.0. The third kappa shape index (κ3) is 3.72. The van der Waals surface area contributed by atoms with Gasteiger partial charge in [-0.25, -0.2) is 0 Å². The second kappa shape index (κ2) is 7.14. The molecule has 2 heterocycles. The molecule has 0 spiro atoms. The van der Waals surface area contributed by atoms with E-state index in [1.54, 1.807) is 24.3 Å². The summed E-state index contributed by atoms with van der Waals surface area (Å²) < 4.78 is 4.86. The Bertz CT molecular complexity index is 826. The number of hydrogen-bond acceptors (Lipinski definition) is 4. The second-order valence-corrected chi connectivity index (χ2v) is 6.07. The third-order valence-corrected chi connectivity index (χ3v) is 4.19. The highest BCUT2D eigenvalue weighted by atomic mass is 32.1. The largest absolute Gasteiger partial charge is 0.472 e. The van der Waals surface area contributed by atoms with Crippen molar-refractivity contribution in [2.75, 3.05) is 5.32 Å². The molecule has 2 N–H and O–H groups in total. The summed E-state index contributed by atoms with van der Waals surface area (Å²) in [7, 11) is 0. The summed E-state index contributed by atoms with van der Waals surface area (Å²) in [5.41, 5.74) is 3.21. The van der Waals surface area contributed by atoms with E-state index >= 15 is 0 Å². The Morgan fingerprint density at radius 2 is 2.04 bits per heavy atom. The van der Waals surface area contributed by atoms with Gasteiger partial charge in [0.05, 0.1) is 11.8 Å². The van der Waals surface area contributed by atoms with Crippen molar-refractivity contribution in [3.8, 4) is 11.1 Å². The zero-order valence-corrected chi connectivity index (χ0v) is 13.8. The van der Waals surface area contributed by atoms with Gasteiger partial charge < -0.3 is 15.1 Å². The number of furan rings is 1. The van der Waals surface area contributed by atoms with Gasteiger partial charge in [0.2, 0.25) is 5.91 Å². The van der Waals surface area contributed by atoms with E-state index in [4.69, 9.17) is 4.42 Å². The van der Waals surface area contributed by atoms with Crippen molar-refractivity contribution in [2.45, 2.75) is 13.0 Å². The molecule has 1 atom stereocenters. The van der Waals surface area contributed by atoms with Crippen molar-refractivity contribution in [3.63, 3.8) is 0 Å². The van der Waals surface area contributed by atoms with Crippen LogP contribution in [0.15, 0.2) is 64.1 Å². The van der Waals surface area contributed by atoms with Gasteiger partial charge in [-0.15, -0.1) is 0 Å². The van der Waals surface area contributed by atoms with Crippen LogP contribution in [0.4, 0.5) is 5.69 Å². The maximum absolute atomic E-state index is 12.3. The van der Waals surface area contributed by atoms with Gasteiger partial charge in [-0.3, -0.25) is 9.59 Å². The highest BCUT2D eigenvalue weighted by Crippen LogP contribution is 2.24. The van der Waals surface area contributed by atoms with E-state index in [9.17, 15) is 9.59 Å². The quantitative estimate of drug-likeness (QED) is 0.743. The summed E-state index contributed by atoms with van der Waals surface area (Å²) in [6, 6.07) is 10.5. The number of rotatable bonds is 5. The fourth-order valence-corrected chi connectivity index (χ4v) is 2.86. The van der Waals surface area contributed by atoms with Crippen molar-refractivity contribution >= 4 is 28.8 Å². The van der Waals surface area contributed by atoms with Gasteiger partial charge in [0, 0.05) is 5.69 Å². The summed E-state index contributed by atoms with van der Waals surface area (Å²) in [5, 5.41) is 9.51. The minimum atomic E-state index is -0.669. The van der Waals surface area contributed by atoms with E-state index < -0.39 is 6.04 Å². The van der Waals surface area contributed by atoms with Crippen LogP contribution < -0.4 is 10.6 Å². The Morgan fingerprint density at radius 3 is 2.75 bits per heavy atom. The predicted molar refractivity (Wildman–Crippen MR) is 94.0 cm³/mol. The first-order chi connectivity index (χ1) is 11.6. The van der Waals surface area contributed by atoms with Crippen LogP contribution in [0.5, 0.6) is 0 Å². The predicted octanol–water partition coefficient (Wildman–Crippen LogP) is 3.77. The summed E-state index contributed by atoms with van der Waals surface area (Å²) in [6.07, 6.45) is 2.75. The van der Waals surface area contributed by atoms with E-state index in [0.717, 1.165) is 11.1 Å². The third-order valence-electron chi connectivity index (χ3n) is 3.51. The van der Waals surface area contributed by atoms with Crippen LogP contribution in [0.3, 0.4) is 0 Å². The van der Waals surface area contributed by atoms with Gasteiger partial charge >= 0.3 is 0 Å². The SMILES string of the molecule is CC(NC(=O)c1ccoc1)C(=O)Nc1cccc(-c2ccsc2)c1. The molecule has 0 radical (unpaired) electrons. The smallest absolute Gasteiger partial charge is 0.255 e. The van der Waals surface area contributed by atoms with Gasteiger partial charge in [0.1, 0.15) is 12.3 Å². The maximum Gasteiger partial charge on any atom is 0.255 e. The average molecular weight is 340 g/mol. The molecule has 0 aliphatic rings. The lowest BCUT2D eigenvalue weighted by atomic mass is 10.1. The number of amides is 2. The lowest BCUT2D eigenvalue weighted by molar-refractivity contribution is -0.117. The van der Waals surface area contributed by atoms with Crippen LogP contribution >= 0.6 is 11.3 Å². The molecule has 0 fully saturated rings. The lowest BCUT2D eigenvalue weighted by Gasteiger charge is -2.14. The Balaban J connectivity index is 1.64. The first-order valence-electron chi connectivity index (χ1n) is 7.40. The first-order valence-corrected chi connectivity index (χ1v) is 8.34. The van der Waals surface area contributed by atoms with Crippen molar-refractivity contribution in [1.29, 1.82) is 0 Å². The molecule has 3 rings (SSSR count). The highest BCUT2D eigenvalue weighted by molar-refractivity contribution is 7.08. The van der Waals surface area contributed by atoms with Crippen LogP contribution in [-0.4, -0.2) is 17.9 Å². The standard InChI is InChI=1S/C18H16N2O3S/c1-12(19-18(22)14-5-7-23-10-14)17(21)20-16-4-2-3-13(9-16)15-6-8-24-11-15/h2-12H,1H3,(H,19,22)(H,20,21). The van der Waals surface area contributed by atoms with Gasteiger partial charge in [0.25, 0.3) is 5.91 Å². The lowest BCUT2D eigenvalue weighted by Crippen LogP contribution is -2.41. The van der Waals surface area contributed by atoms with Crippen LogP contribution in [-0.2, 0) is 4.79 Å². The molecule has 0 aliphatic carbocycles. The summed E-state index contributed by atoms with van der Waals surface area (Å²) in [6.45, 7) is 1.63. The van der Waals surface area contributed by atoms with E-state index in [1.807, 2.05) is 35.7 Å².